The van der Waals surface area contributed by atoms with Crippen molar-refractivity contribution in [3.8, 4) is 0 Å². The van der Waals surface area contributed by atoms with Crippen molar-refractivity contribution < 1.29 is 5.11 Å². The van der Waals surface area contributed by atoms with E-state index in [1.54, 1.807) is 11.8 Å². The SMILES string of the molecule is O[C@]1(c2cccc(Cl)c2)[C@H](CCc2ccccc2)SC2=NCCN21. The molecule has 0 aromatic heterocycles. The van der Waals surface area contributed by atoms with Crippen LogP contribution in [-0.4, -0.2) is 33.5 Å². The zero-order valence-electron chi connectivity index (χ0n) is 13.2. The molecule has 0 aliphatic carbocycles. The predicted molar refractivity (Wildman–Crippen MR) is 100 cm³/mol. The van der Waals surface area contributed by atoms with Crippen LogP contribution in [0.15, 0.2) is 59.6 Å². The summed E-state index contributed by atoms with van der Waals surface area (Å²) in [6, 6.07) is 18.0. The van der Waals surface area contributed by atoms with Crippen LogP contribution >= 0.6 is 23.4 Å². The Balaban J connectivity index is 1.64. The fourth-order valence-corrected chi connectivity index (χ4v) is 5.12. The van der Waals surface area contributed by atoms with E-state index in [4.69, 9.17) is 11.6 Å². The molecule has 2 heterocycles. The minimum atomic E-state index is -1.04. The van der Waals surface area contributed by atoms with Gasteiger partial charge >= 0.3 is 0 Å². The lowest BCUT2D eigenvalue weighted by Crippen LogP contribution is -2.48. The number of thioether (sulfide) groups is 1. The monoisotopic (exact) mass is 358 g/mol. The fraction of sp³-hybridized carbons (Fsp3) is 0.316. The molecule has 24 heavy (non-hydrogen) atoms. The first-order valence-electron chi connectivity index (χ1n) is 8.19. The number of halogens is 1. The molecule has 0 bridgehead atoms. The maximum atomic E-state index is 11.7. The lowest BCUT2D eigenvalue weighted by Gasteiger charge is -2.36. The predicted octanol–water partition coefficient (Wildman–Crippen LogP) is 3.90. The number of hydrogen-bond donors (Lipinski definition) is 1. The summed E-state index contributed by atoms with van der Waals surface area (Å²) < 4.78 is 0. The quantitative estimate of drug-likeness (QED) is 0.900. The second-order valence-electron chi connectivity index (χ2n) is 6.18. The van der Waals surface area contributed by atoms with Crippen LogP contribution in [0, 0.1) is 0 Å². The number of benzene rings is 2. The molecule has 5 heteroatoms. The highest BCUT2D eigenvalue weighted by Crippen LogP contribution is 2.48. The summed E-state index contributed by atoms with van der Waals surface area (Å²) in [6.45, 7) is 1.50. The molecule has 0 unspecified atom stereocenters. The topological polar surface area (TPSA) is 35.8 Å². The van der Waals surface area contributed by atoms with Crippen LogP contribution in [0.4, 0.5) is 0 Å². The Bertz CT molecular complexity index is 767. The maximum absolute atomic E-state index is 11.7. The minimum absolute atomic E-state index is 0.0372. The van der Waals surface area contributed by atoms with Gasteiger partial charge in [0.25, 0.3) is 0 Å². The first-order chi connectivity index (χ1) is 11.7. The van der Waals surface area contributed by atoms with E-state index in [1.165, 1.54) is 5.56 Å². The van der Waals surface area contributed by atoms with Crippen molar-refractivity contribution in [1.29, 1.82) is 0 Å². The van der Waals surface area contributed by atoms with Crippen LogP contribution in [0.1, 0.15) is 17.5 Å². The molecule has 0 saturated carbocycles. The van der Waals surface area contributed by atoms with E-state index in [0.717, 1.165) is 36.7 Å². The number of fused-ring (bicyclic) bond motifs is 1. The Labute approximate surface area is 151 Å². The molecule has 0 spiro atoms. The molecule has 124 valence electrons. The van der Waals surface area contributed by atoms with Gasteiger partial charge in [0, 0.05) is 17.1 Å². The average molecular weight is 359 g/mol. The summed E-state index contributed by atoms with van der Waals surface area (Å²) in [6.07, 6.45) is 1.82. The lowest BCUT2D eigenvalue weighted by atomic mass is 9.93. The van der Waals surface area contributed by atoms with Gasteiger partial charge in [0.2, 0.25) is 0 Å². The summed E-state index contributed by atoms with van der Waals surface area (Å²) in [5, 5.41) is 13.3. The van der Waals surface area contributed by atoms with Gasteiger partial charge in [-0.1, -0.05) is 65.8 Å². The summed E-state index contributed by atoms with van der Waals surface area (Å²) in [4.78, 5) is 6.60. The standard InChI is InChI=1S/C19H19ClN2OS/c20-16-8-4-7-15(13-16)19(23)17(24-18-21-11-12-22(18)19)10-9-14-5-2-1-3-6-14/h1-8,13,17,23H,9-12H2/t17-,19+/m0/s1. The van der Waals surface area contributed by atoms with Gasteiger partial charge in [-0.05, 0) is 30.5 Å². The zero-order valence-corrected chi connectivity index (χ0v) is 14.8. The van der Waals surface area contributed by atoms with Crippen LogP contribution in [0.5, 0.6) is 0 Å². The van der Waals surface area contributed by atoms with Gasteiger partial charge in [-0.2, -0.15) is 0 Å². The number of rotatable bonds is 4. The van der Waals surface area contributed by atoms with Crippen LogP contribution in [0.2, 0.25) is 5.02 Å². The van der Waals surface area contributed by atoms with Crippen LogP contribution < -0.4 is 0 Å². The van der Waals surface area contributed by atoms with E-state index in [9.17, 15) is 5.11 Å². The molecule has 0 radical (unpaired) electrons. The first-order valence-corrected chi connectivity index (χ1v) is 9.45. The van der Waals surface area contributed by atoms with E-state index in [0.29, 0.717) is 5.02 Å². The van der Waals surface area contributed by atoms with Crippen molar-refractivity contribution in [3.63, 3.8) is 0 Å². The molecule has 1 saturated heterocycles. The van der Waals surface area contributed by atoms with Crippen molar-refractivity contribution in [2.24, 2.45) is 4.99 Å². The van der Waals surface area contributed by atoms with Gasteiger partial charge in [0.1, 0.15) is 0 Å². The van der Waals surface area contributed by atoms with Gasteiger partial charge in [-0.25, -0.2) is 0 Å². The van der Waals surface area contributed by atoms with Gasteiger partial charge in [0.15, 0.2) is 10.9 Å². The zero-order chi connectivity index (χ0) is 16.6. The Morgan fingerprint density at radius 1 is 1.21 bits per heavy atom. The van der Waals surface area contributed by atoms with Crippen LogP contribution in [0.25, 0.3) is 0 Å². The van der Waals surface area contributed by atoms with Crippen LogP contribution in [0.3, 0.4) is 0 Å². The number of amidine groups is 1. The molecule has 4 rings (SSSR count). The molecule has 0 amide bonds. The highest BCUT2D eigenvalue weighted by molar-refractivity contribution is 8.14. The Morgan fingerprint density at radius 3 is 2.83 bits per heavy atom. The van der Waals surface area contributed by atoms with Gasteiger partial charge < -0.3 is 10.0 Å². The van der Waals surface area contributed by atoms with E-state index in [-0.39, 0.29) is 5.25 Å². The molecule has 1 fully saturated rings. The average Bonchev–Trinajstić information content (AvgIpc) is 3.16. The van der Waals surface area contributed by atoms with Crippen molar-refractivity contribution in [1.82, 2.24) is 4.90 Å². The molecule has 2 aromatic rings. The Hall–Kier alpha value is -1.49. The summed E-state index contributed by atoms with van der Waals surface area (Å²) in [5.74, 6) is 0. The Morgan fingerprint density at radius 2 is 2.04 bits per heavy atom. The highest BCUT2D eigenvalue weighted by Gasteiger charge is 2.53. The van der Waals surface area contributed by atoms with E-state index >= 15 is 0 Å². The fourth-order valence-electron chi connectivity index (χ4n) is 3.49. The first kappa shape index (κ1) is 16.0. The molecule has 2 aliphatic rings. The second-order valence-corrected chi connectivity index (χ2v) is 7.79. The number of aryl methyl sites for hydroxylation is 1. The van der Waals surface area contributed by atoms with Crippen molar-refractivity contribution in [2.75, 3.05) is 13.1 Å². The smallest absolute Gasteiger partial charge is 0.178 e. The number of aliphatic hydroxyl groups is 1. The minimum Gasteiger partial charge on any atom is -0.366 e. The molecular formula is C19H19ClN2OS. The molecule has 1 N–H and O–H groups in total. The molecular weight excluding hydrogens is 340 g/mol. The van der Waals surface area contributed by atoms with E-state index in [1.807, 2.05) is 35.2 Å². The van der Waals surface area contributed by atoms with E-state index in [2.05, 4.69) is 29.3 Å². The van der Waals surface area contributed by atoms with Crippen molar-refractivity contribution in [2.45, 2.75) is 23.8 Å². The summed E-state index contributed by atoms with van der Waals surface area (Å²) >= 11 is 7.87. The summed E-state index contributed by atoms with van der Waals surface area (Å²) in [5.41, 5.74) is 1.10. The third-order valence-corrected chi connectivity index (χ3v) is 6.34. The van der Waals surface area contributed by atoms with Crippen molar-refractivity contribution >= 4 is 28.5 Å². The molecule has 2 atom stereocenters. The normalized spacial score (nSPS) is 25.7. The molecule has 2 aliphatic heterocycles. The third-order valence-electron chi connectivity index (χ3n) is 4.70. The number of hydrogen-bond acceptors (Lipinski definition) is 4. The van der Waals surface area contributed by atoms with Gasteiger partial charge in [0.05, 0.1) is 11.8 Å². The van der Waals surface area contributed by atoms with Crippen molar-refractivity contribution in [3.05, 3.63) is 70.7 Å². The lowest BCUT2D eigenvalue weighted by molar-refractivity contribution is -0.0671. The van der Waals surface area contributed by atoms with Gasteiger partial charge in [-0.3, -0.25) is 4.99 Å². The van der Waals surface area contributed by atoms with E-state index < -0.39 is 5.72 Å². The highest BCUT2D eigenvalue weighted by atomic mass is 35.5. The van der Waals surface area contributed by atoms with Crippen LogP contribution in [-0.2, 0) is 12.1 Å². The number of nitrogens with zero attached hydrogens (tertiary/aromatic N) is 2. The third kappa shape index (κ3) is 2.73. The molecule has 2 aromatic carbocycles. The summed E-state index contributed by atoms with van der Waals surface area (Å²) in [7, 11) is 0. The Kier molecular flexibility index (Phi) is 4.29. The number of aliphatic imine (C=N–C) groups is 1. The second kappa shape index (κ2) is 6.43. The maximum Gasteiger partial charge on any atom is 0.178 e. The largest absolute Gasteiger partial charge is 0.366 e. The molecule has 3 nitrogen and oxygen atoms in total. The van der Waals surface area contributed by atoms with Gasteiger partial charge in [-0.15, -0.1) is 0 Å².